The van der Waals surface area contributed by atoms with Crippen LogP contribution in [0.1, 0.15) is 22.5 Å². The average Bonchev–Trinajstić information content (AvgIpc) is 2.80. The zero-order valence-electron chi connectivity index (χ0n) is 17.9. The molecule has 1 aliphatic heterocycles. The van der Waals surface area contributed by atoms with Crippen LogP contribution in [-0.2, 0) is 19.4 Å². The first-order valence-electron chi connectivity index (χ1n) is 10.8. The van der Waals surface area contributed by atoms with E-state index >= 15 is 0 Å². The summed E-state index contributed by atoms with van der Waals surface area (Å²) in [6.45, 7) is 5.84. The fourth-order valence-electron chi connectivity index (χ4n) is 3.71. The van der Waals surface area contributed by atoms with Crippen molar-refractivity contribution in [2.45, 2.75) is 26.3 Å². The van der Waals surface area contributed by atoms with Crippen molar-refractivity contribution in [3.05, 3.63) is 89.5 Å². The van der Waals surface area contributed by atoms with Crippen LogP contribution in [0.4, 0.5) is 4.79 Å². The molecule has 0 saturated carbocycles. The first kappa shape index (κ1) is 21.0. The summed E-state index contributed by atoms with van der Waals surface area (Å²) in [5.74, 6) is 0.582. The summed E-state index contributed by atoms with van der Waals surface area (Å²) < 4.78 is 5.58. The van der Waals surface area contributed by atoms with E-state index in [0.717, 1.165) is 43.9 Å². The smallest absolute Gasteiger partial charge is 0.410 e. The molecule has 6 heteroatoms. The van der Waals surface area contributed by atoms with Crippen LogP contribution in [0.5, 0.6) is 5.75 Å². The maximum atomic E-state index is 12.5. The Hall–Kier alpha value is -3.25. The van der Waals surface area contributed by atoms with Crippen LogP contribution in [0.2, 0.25) is 0 Å². The largest absolute Gasteiger partial charge is 0.415 e. The Labute approximate surface area is 183 Å². The summed E-state index contributed by atoms with van der Waals surface area (Å²) in [4.78, 5) is 25.4. The van der Waals surface area contributed by atoms with Gasteiger partial charge in [-0.2, -0.15) is 0 Å². The van der Waals surface area contributed by atoms with Crippen molar-refractivity contribution >= 4 is 6.09 Å². The molecule has 1 aliphatic rings. The van der Waals surface area contributed by atoms with Crippen molar-refractivity contribution in [2.75, 3.05) is 26.2 Å². The van der Waals surface area contributed by atoms with Gasteiger partial charge in [-0.15, -0.1) is 0 Å². The average molecular weight is 417 g/mol. The minimum atomic E-state index is -0.283. The van der Waals surface area contributed by atoms with Crippen molar-refractivity contribution in [3.63, 3.8) is 0 Å². The number of nitrogens with zero attached hydrogens (tertiary/aromatic N) is 4. The Kier molecular flexibility index (Phi) is 6.89. The number of benzene rings is 1. The highest BCUT2D eigenvalue weighted by Crippen LogP contribution is 2.16. The SMILES string of the molecule is Cc1ccnc(CCc2ccc(OC(=O)N3CCN(Cc4ccccn4)CC3)cc2)c1. The van der Waals surface area contributed by atoms with Gasteiger partial charge in [0.05, 0.1) is 5.69 Å². The lowest BCUT2D eigenvalue weighted by molar-refractivity contribution is 0.107. The number of rotatable bonds is 6. The molecule has 2 aromatic heterocycles. The second-order valence-corrected chi connectivity index (χ2v) is 7.92. The highest BCUT2D eigenvalue weighted by molar-refractivity contribution is 5.70. The molecule has 31 heavy (non-hydrogen) atoms. The predicted octanol–water partition coefficient (Wildman–Crippen LogP) is 3.89. The van der Waals surface area contributed by atoms with E-state index in [4.69, 9.17) is 4.74 Å². The number of amides is 1. The van der Waals surface area contributed by atoms with Crippen molar-refractivity contribution < 1.29 is 9.53 Å². The third kappa shape index (κ3) is 6.12. The summed E-state index contributed by atoms with van der Waals surface area (Å²) in [7, 11) is 0. The second kappa shape index (κ2) is 10.2. The molecule has 3 heterocycles. The molecule has 0 N–H and O–H groups in total. The fraction of sp³-hybridized carbons (Fsp3) is 0.320. The van der Waals surface area contributed by atoms with Gasteiger partial charge >= 0.3 is 6.09 Å². The number of piperazine rings is 1. The number of pyridine rings is 2. The van der Waals surface area contributed by atoms with Crippen LogP contribution in [0.15, 0.2) is 67.0 Å². The van der Waals surface area contributed by atoms with Gasteiger partial charge in [0.2, 0.25) is 0 Å². The number of aryl methyl sites for hydroxylation is 3. The van der Waals surface area contributed by atoms with Crippen LogP contribution in [0.25, 0.3) is 0 Å². The molecule has 0 atom stereocenters. The van der Waals surface area contributed by atoms with Crippen LogP contribution >= 0.6 is 0 Å². The Morgan fingerprint density at radius 2 is 1.68 bits per heavy atom. The molecule has 1 aromatic carbocycles. The summed E-state index contributed by atoms with van der Waals surface area (Å²) in [6.07, 6.45) is 5.18. The van der Waals surface area contributed by atoms with Gasteiger partial charge in [0, 0.05) is 50.8 Å². The van der Waals surface area contributed by atoms with Gasteiger partial charge in [0.1, 0.15) is 5.75 Å². The van der Waals surface area contributed by atoms with E-state index in [1.54, 1.807) is 4.90 Å². The van der Waals surface area contributed by atoms with Gasteiger partial charge in [-0.05, 0) is 67.3 Å². The first-order chi connectivity index (χ1) is 15.2. The standard InChI is InChI=1S/C25H28N4O2/c1-20-11-13-27-22(18-20)8-5-21-6-9-24(10-7-21)31-25(30)29-16-14-28(15-17-29)19-23-4-2-3-12-26-23/h2-4,6-7,9-13,18H,5,8,14-17,19H2,1H3. The molecule has 0 spiro atoms. The molecule has 0 bridgehead atoms. The second-order valence-electron chi connectivity index (χ2n) is 7.92. The molecule has 3 aromatic rings. The summed E-state index contributed by atoms with van der Waals surface area (Å²) >= 11 is 0. The maximum Gasteiger partial charge on any atom is 0.415 e. The van der Waals surface area contributed by atoms with E-state index in [1.165, 1.54) is 11.1 Å². The number of hydrogen-bond donors (Lipinski definition) is 0. The van der Waals surface area contributed by atoms with Crippen LogP contribution in [-0.4, -0.2) is 52.0 Å². The Balaban J connectivity index is 1.22. The zero-order valence-corrected chi connectivity index (χ0v) is 17.9. The highest BCUT2D eigenvalue weighted by Gasteiger charge is 2.22. The molecule has 1 saturated heterocycles. The number of carbonyl (C=O) groups excluding carboxylic acids is 1. The molecular formula is C25H28N4O2. The summed E-state index contributed by atoms with van der Waals surface area (Å²) in [5.41, 5.74) is 4.57. The van der Waals surface area contributed by atoms with Crippen molar-refractivity contribution in [1.29, 1.82) is 0 Å². The van der Waals surface area contributed by atoms with Gasteiger partial charge in [-0.1, -0.05) is 18.2 Å². The molecule has 4 rings (SSSR count). The molecule has 0 unspecified atom stereocenters. The van der Waals surface area contributed by atoms with Crippen LogP contribution in [0.3, 0.4) is 0 Å². The van der Waals surface area contributed by atoms with Crippen LogP contribution < -0.4 is 4.74 Å². The van der Waals surface area contributed by atoms with Crippen molar-refractivity contribution in [3.8, 4) is 5.75 Å². The third-order valence-electron chi connectivity index (χ3n) is 5.51. The molecular weight excluding hydrogens is 388 g/mol. The van der Waals surface area contributed by atoms with Gasteiger partial charge in [0.25, 0.3) is 0 Å². The quantitative estimate of drug-likeness (QED) is 0.610. The normalized spacial score (nSPS) is 14.4. The van der Waals surface area contributed by atoms with Crippen molar-refractivity contribution in [2.24, 2.45) is 0 Å². The van der Waals surface area contributed by atoms with Gasteiger partial charge in [-0.3, -0.25) is 14.9 Å². The molecule has 160 valence electrons. The molecule has 0 aliphatic carbocycles. The van der Waals surface area contributed by atoms with Crippen LogP contribution in [0, 0.1) is 6.92 Å². The minimum absolute atomic E-state index is 0.283. The predicted molar refractivity (Wildman–Crippen MR) is 120 cm³/mol. The Bertz CT molecular complexity index is 984. The van der Waals surface area contributed by atoms with Gasteiger partial charge in [0.15, 0.2) is 0 Å². The lowest BCUT2D eigenvalue weighted by Gasteiger charge is -2.33. The number of hydrogen-bond acceptors (Lipinski definition) is 5. The van der Waals surface area contributed by atoms with E-state index in [9.17, 15) is 4.79 Å². The van der Waals surface area contributed by atoms with E-state index in [-0.39, 0.29) is 6.09 Å². The lowest BCUT2D eigenvalue weighted by Crippen LogP contribution is -2.49. The van der Waals surface area contributed by atoms with Crippen molar-refractivity contribution in [1.82, 2.24) is 19.8 Å². The molecule has 6 nitrogen and oxygen atoms in total. The molecule has 0 radical (unpaired) electrons. The van der Waals surface area contributed by atoms with E-state index in [0.29, 0.717) is 18.8 Å². The highest BCUT2D eigenvalue weighted by atomic mass is 16.6. The topological polar surface area (TPSA) is 58.6 Å². The van der Waals surface area contributed by atoms with E-state index in [1.807, 2.05) is 60.9 Å². The Morgan fingerprint density at radius 1 is 0.903 bits per heavy atom. The van der Waals surface area contributed by atoms with E-state index in [2.05, 4.69) is 27.9 Å². The van der Waals surface area contributed by atoms with E-state index < -0.39 is 0 Å². The van der Waals surface area contributed by atoms with Gasteiger partial charge in [-0.25, -0.2) is 4.79 Å². The minimum Gasteiger partial charge on any atom is -0.410 e. The maximum absolute atomic E-state index is 12.5. The molecule has 1 fully saturated rings. The summed E-state index contributed by atoms with van der Waals surface area (Å²) in [6, 6.07) is 17.8. The Morgan fingerprint density at radius 3 is 2.39 bits per heavy atom. The molecule has 1 amide bonds. The summed E-state index contributed by atoms with van der Waals surface area (Å²) in [5, 5.41) is 0. The zero-order chi connectivity index (χ0) is 21.5. The third-order valence-corrected chi connectivity index (χ3v) is 5.51. The lowest BCUT2D eigenvalue weighted by atomic mass is 10.1. The number of aromatic nitrogens is 2. The fourth-order valence-corrected chi connectivity index (χ4v) is 3.71. The monoisotopic (exact) mass is 416 g/mol. The number of ether oxygens (including phenoxy) is 1. The van der Waals surface area contributed by atoms with Gasteiger partial charge < -0.3 is 9.64 Å². The number of carbonyl (C=O) groups is 1. The first-order valence-corrected chi connectivity index (χ1v) is 10.8.